The maximum atomic E-state index is 4.82. The normalized spacial score (nSPS) is 14.5. The summed E-state index contributed by atoms with van der Waals surface area (Å²) in [5.41, 5.74) is 10.3. The lowest BCUT2D eigenvalue weighted by atomic mass is 9.93. The Morgan fingerprint density at radius 1 is 0.871 bits per heavy atom. The molecule has 1 fully saturated rings. The van der Waals surface area contributed by atoms with Crippen LogP contribution in [0.2, 0.25) is 0 Å². The minimum Gasteiger partial charge on any atom is -0.260 e. The van der Waals surface area contributed by atoms with Gasteiger partial charge >= 0.3 is 0 Å². The molecule has 0 spiro atoms. The smallest absolute Gasteiger partial charge is 0.220 e. The van der Waals surface area contributed by atoms with Crippen LogP contribution in [0, 0.1) is 20.8 Å². The topological polar surface area (TPSA) is 16.8 Å². The molecule has 4 aromatic rings. The van der Waals surface area contributed by atoms with Crippen LogP contribution in [-0.2, 0) is 7.05 Å². The Morgan fingerprint density at radius 2 is 1.65 bits per heavy atom. The van der Waals surface area contributed by atoms with Crippen molar-refractivity contribution in [2.45, 2.75) is 52.4 Å². The van der Waals surface area contributed by atoms with Crippen molar-refractivity contribution in [3.8, 4) is 22.4 Å². The lowest BCUT2D eigenvalue weighted by Crippen LogP contribution is -2.30. The molecule has 2 aromatic carbocycles. The third-order valence-corrected chi connectivity index (χ3v) is 7.10. The van der Waals surface area contributed by atoms with E-state index in [0.29, 0.717) is 5.92 Å². The lowest BCUT2D eigenvalue weighted by Gasteiger charge is -2.12. The third kappa shape index (κ3) is 3.65. The minimum atomic E-state index is 0.661. The molecular weight excluding hydrogens is 376 g/mol. The van der Waals surface area contributed by atoms with Gasteiger partial charge in [0, 0.05) is 29.4 Å². The van der Waals surface area contributed by atoms with Gasteiger partial charge in [-0.05, 0) is 80.0 Å². The Kier molecular flexibility index (Phi) is 5.09. The molecule has 0 unspecified atom stereocenters. The Hall–Kier alpha value is -3.00. The van der Waals surface area contributed by atoms with Crippen LogP contribution >= 0.6 is 0 Å². The van der Waals surface area contributed by atoms with E-state index in [0.717, 1.165) is 0 Å². The van der Waals surface area contributed by atoms with Crippen molar-refractivity contribution >= 4 is 10.8 Å². The molecule has 2 heteroatoms. The van der Waals surface area contributed by atoms with Crippen LogP contribution < -0.4 is 4.57 Å². The predicted molar refractivity (Wildman–Crippen MR) is 129 cm³/mol. The third-order valence-electron chi connectivity index (χ3n) is 7.10. The van der Waals surface area contributed by atoms with E-state index in [9.17, 15) is 0 Å². The summed E-state index contributed by atoms with van der Waals surface area (Å²) in [6, 6.07) is 18.1. The van der Waals surface area contributed by atoms with Gasteiger partial charge in [-0.25, -0.2) is 4.57 Å². The summed E-state index contributed by atoms with van der Waals surface area (Å²) in [4.78, 5) is 4.82. The number of pyridine rings is 2. The average Bonchev–Trinajstić information content (AvgIpc) is 3.31. The molecular formula is C29H31N2+. The highest BCUT2D eigenvalue weighted by molar-refractivity contribution is 5.96. The van der Waals surface area contributed by atoms with E-state index in [1.54, 1.807) is 0 Å². The van der Waals surface area contributed by atoms with Crippen LogP contribution in [0.4, 0.5) is 0 Å². The molecule has 1 aliphatic rings. The summed E-state index contributed by atoms with van der Waals surface area (Å²) in [5.74, 6) is 0.661. The average molecular weight is 408 g/mol. The molecule has 2 heterocycles. The SMILES string of the molecule is Cc1cc(C)c(C)c(-c2c3ccc(-c4ccc(C5CCCC5)nc4)cc3cc[n+]2C)c1. The maximum Gasteiger partial charge on any atom is 0.220 e. The van der Waals surface area contributed by atoms with Crippen LogP contribution in [0.1, 0.15) is 54.0 Å². The zero-order valence-corrected chi connectivity index (χ0v) is 19.1. The van der Waals surface area contributed by atoms with Crippen LogP contribution in [0.15, 0.2) is 60.9 Å². The van der Waals surface area contributed by atoms with Crippen molar-refractivity contribution < 1.29 is 4.57 Å². The van der Waals surface area contributed by atoms with Crippen LogP contribution in [0.25, 0.3) is 33.2 Å². The number of aryl methyl sites for hydroxylation is 3. The summed E-state index contributed by atoms with van der Waals surface area (Å²) in [6.45, 7) is 6.62. The largest absolute Gasteiger partial charge is 0.260 e. The van der Waals surface area contributed by atoms with E-state index in [1.165, 1.54) is 81.2 Å². The Balaban J connectivity index is 1.58. The zero-order chi connectivity index (χ0) is 21.5. The van der Waals surface area contributed by atoms with Gasteiger partial charge in [-0.15, -0.1) is 0 Å². The molecule has 0 amide bonds. The number of rotatable bonds is 3. The second kappa shape index (κ2) is 7.92. The lowest BCUT2D eigenvalue weighted by molar-refractivity contribution is -0.659. The summed E-state index contributed by atoms with van der Waals surface area (Å²) in [6.07, 6.45) is 9.52. The first-order valence-corrected chi connectivity index (χ1v) is 11.5. The van der Waals surface area contributed by atoms with Gasteiger partial charge in [-0.1, -0.05) is 36.6 Å². The number of nitrogens with zero attached hydrogens (tertiary/aromatic N) is 2. The summed E-state index contributed by atoms with van der Waals surface area (Å²) in [5, 5.41) is 2.56. The van der Waals surface area contributed by atoms with Gasteiger partial charge in [0.25, 0.3) is 0 Å². The van der Waals surface area contributed by atoms with E-state index >= 15 is 0 Å². The number of fused-ring (bicyclic) bond motifs is 1. The van der Waals surface area contributed by atoms with Crippen molar-refractivity contribution in [1.82, 2.24) is 4.98 Å². The molecule has 0 N–H and O–H groups in total. The maximum absolute atomic E-state index is 4.82. The predicted octanol–water partition coefficient (Wildman–Crippen LogP) is 6.98. The van der Waals surface area contributed by atoms with Crippen molar-refractivity contribution in [2.24, 2.45) is 7.05 Å². The quantitative estimate of drug-likeness (QED) is 0.335. The van der Waals surface area contributed by atoms with Crippen molar-refractivity contribution in [3.63, 3.8) is 0 Å². The molecule has 0 aliphatic heterocycles. The Morgan fingerprint density at radius 3 is 2.39 bits per heavy atom. The molecule has 2 aromatic heterocycles. The Bertz CT molecular complexity index is 1260. The first kappa shape index (κ1) is 19.9. The van der Waals surface area contributed by atoms with E-state index in [4.69, 9.17) is 4.98 Å². The van der Waals surface area contributed by atoms with Crippen molar-refractivity contribution in [2.75, 3.05) is 0 Å². The van der Waals surface area contributed by atoms with Gasteiger partial charge < -0.3 is 0 Å². The fourth-order valence-electron chi connectivity index (χ4n) is 5.21. The van der Waals surface area contributed by atoms with Crippen LogP contribution in [0.3, 0.4) is 0 Å². The minimum absolute atomic E-state index is 0.661. The highest BCUT2D eigenvalue weighted by atomic mass is 14.9. The zero-order valence-electron chi connectivity index (χ0n) is 19.1. The summed E-state index contributed by atoms with van der Waals surface area (Å²) < 4.78 is 2.25. The van der Waals surface area contributed by atoms with Crippen molar-refractivity contribution in [3.05, 3.63) is 83.3 Å². The molecule has 2 nitrogen and oxygen atoms in total. The van der Waals surface area contributed by atoms with Crippen LogP contribution in [-0.4, -0.2) is 4.98 Å². The van der Waals surface area contributed by atoms with Gasteiger partial charge in [0.1, 0.15) is 7.05 Å². The van der Waals surface area contributed by atoms with Crippen LogP contribution in [0.5, 0.6) is 0 Å². The number of benzene rings is 2. The number of aromatic nitrogens is 2. The van der Waals surface area contributed by atoms with Gasteiger partial charge in [0.05, 0.1) is 10.9 Å². The van der Waals surface area contributed by atoms with Gasteiger partial charge in [0.15, 0.2) is 6.20 Å². The molecule has 0 saturated heterocycles. The van der Waals surface area contributed by atoms with Gasteiger partial charge in [-0.2, -0.15) is 0 Å². The first-order valence-electron chi connectivity index (χ1n) is 11.5. The highest BCUT2D eigenvalue weighted by Gasteiger charge is 2.20. The van der Waals surface area contributed by atoms with Gasteiger partial charge in [0.2, 0.25) is 5.69 Å². The first-order chi connectivity index (χ1) is 15.0. The van der Waals surface area contributed by atoms with E-state index in [1.807, 2.05) is 0 Å². The summed E-state index contributed by atoms with van der Waals surface area (Å²) >= 11 is 0. The molecule has 0 bridgehead atoms. The molecule has 1 saturated carbocycles. The fraction of sp³-hybridized carbons (Fsp3) is 0.310. The fourth-order valence-corrected chi connectivity index (χ4v) is 5.21. The molecule has 0 radical (unpaired) electrons. The van der Waals surface area contributed by atoms with E-state index in [-0.39, 0.29) is 0 Å². The summed E-state index contributed by atoms with van der Waals surface area (Å²) in [7, 11) is 2.14. The molecule has 31 heavy (non-hydrogen) atoms. The molecule has 1 aliphatic carbocycles. The van der Waals surface area contributed by atoms with E-state index < -0.39 is 0 Å². The Labute approximate surface area is 185 Å². The highest BCUT2D eigenvalue weighted by Crippen LogP contribution is 2.35. The van der Waals surface area contributed by atoms with Gasteiger partial charge in [-0.3, -0.25) is 4.98 Å². The molecule has 0 atom stereocenters. The number of hydrogen-bond donors (Lipinski definition) is 0. The van der Waals surface area contributed by atoms with E-state index in [2.05, 4.69) is 93.3 Å². The van der Waals surface area contributed by atoms with Crippen molar-refractivity contribution in [1.29, 1.82) is 0 Å². The second-order valence-electron chi connectivity index (χ2n) is 9.28. The number of hydrogen-bond acceptors (Lipinski definition) is 1. The molecule has 5 rings (SSSR count). The standard InChI is InChI=1S/C29H31N2/c1-19-15-20(2)21(3)27(16-19)29-26-11-9-23(17-24(26)13-14-31(29)4)25-10-12-28(30-18-25)22-7-5-6-8-22/h9-18,22H,5-8H2,1-4H3/q+1. The monoisotopic (exact) mass is 407 g/mol. The second-order valence-corrected chi connectivity index (χ2v) is 9.28. The molecule has 156 valence electrons.